The number of nitrogens with one attached hydrogen (secondary N) is 1. The highest BCUT2D eigenvalue weighted by molar-refractivity contribution is 5.23. The predicted molar refractivity (Wildman–Crippen MR) is 97.6 cm³/mol. The fraction of sp³-hybridized carbons (Fsp3) is 0.211. The minimum atomic E-state index is 0.0567. The van der Waals surface area contributed by atoms with Crippen molar-refractivity contribution in [1.29, 1.82) is 0 Å². The molecule has 3 N–H and O–H groups in total. The van der Waals surface area contributed by atoms with Crippen LogP contribution in [0.5, 0.6) is 0 Å². The molecule has 2 aromatic heterocycles. The van der Waals surface area contributed by atoms with E-state index in [1.165, 1.54) is 11.1 Å². The molecule has 24 heavy (non-hydrogen) atoms. The maximum atomic E-state index is 6.04. The second-order valence-corrected chi connectivity index (χ2v) is 5.43. The van der Waals surface area contributed by atoms with Gasteiger partial charge in [0.2, 0.25) is 5.95 Å². The van der Waals surface area contributed by atoms with Crippen LogP contribution in [-0.2, 0) is 6.42 Å². The molecule has 0 aliphatic rings. The van der Waals surface area contributed by atoms with Gasteiger partial charge < -0.3 is 11.1 Å². The number of nitrogens with zero attached hydrogens (tertiary/aromatic N) is 3. The Kier molecular flexibility index (Phi) is 7.37. The average molecular weight is 321 g/mol. The van der Waals surface area contributed by atoms with Gasteiger partial charge >= 0.3 is 0 Å². The third-order valence-electron chi connectivity index (χ3n) is 3.28. The molecule has 1 aromatic carbocycles. The lowest BCUT2D eigenvalue weighted by molar-refractivity contribution is 0.695. The van der Waals surface area contributed by atoms with Crippen LogP contribution in [-0.4, -0.2) is 27.5 Å². The van der Waals surface area contributed by atoms with Crippen molar-refractivity contribution in [1.82, 2.24) is 15.0 Å². The van der Waals surface area contributed by atoms with E-state index in [-0.39, 0.29) is 6.04 Å². The van der Waals surface area contributed by atoms with Crippen LogP contribution in [0.25, 0.3) is 0 Å². The molecule has 0 aliphatic heterocycles. The van der Waals surface area contributed by atoms with Crippen molar-refractivity contribution < 1.29 is 0 Å². The number of pyridine rings is 1. The van der Waals surface area contributed by atoms with Crippen molar-refractivity contribution in [2.75, 3.05) is 11.9 Å². The molecule has 124 valence electrons. The fourth-order valence-electron chi connectivity index (χ4n) is 2.03. The van der Waals surface area contributed by atoms with Gasteiger partial charge in [-0.15, -0.1) is 0 Å². The number of hydrogen-bond donors (Lipinski definition) is 2. The minimum absolute atomic E-state index is 0.0567. The lowest BCUT2D eigenvalue weighted by Crippen LogP contribution is -2.31. The Morgan fingerprint density at radius 1 is 0.917 bits per heavy atom. The normalized spacial score (nSPS) is 11.1. The Labute approximate surface area is 143 Å². The summed E-state index contributed by atoms with van der Waals surface area (Å²) in [6.45, 7) is 2.71. The van der Waals surface area contributed by atoms with Crippen LogP contribution in [0.1, 0.15) is 11.1 Å². The van der Waals surface area contributed by atoms with Crippen LogP contribution in [0.15, 0.2) is 73.3 Å². The first-order valence-electron chi connectivity index (χ1n) is 7.91. The van der Waals surface area contributed by atoms with Gasteiger partial charge in [-0.2, -0.15) is 0 Å². The third-order valence-corrected chi connectivity index (χ3v) is 3.28. The van der Waals surface area contributed by atoms with Crippen LogP contribution >= 0.6 is 0 Å². The van der Waals surface area contributed by atoms with Gasteiger partial charge in [0, 0.05) is 37.4 Å². The van der Waals surface area contributed by atoms with Gasteiger partial charge in [0.15, 0.2) is 0 Å². The highest BCUT2D eigenvalue weighted by atomic mass is 15.1. The summed E-state index contributed by atoms with van der Waals surface area (Å²) in [7, 11) is 0. The quantitative estimate of drug-likeness (QED) is 0.755. The molecule has 0 radical (unpaired) electrons. The SMILES string of the molecule is Cc1ccncc1.N[C@H](CNc1ncccn1)Cc1ccccc1. The highest BCUT2D eigenvalue weighted by Crippen LogP contribution is 2.02. The van der Waals surface area contributed by atoms with Gasteiger partial charge in [0.05, 0.1) is 0 Å². The van der Waals surface area contributed by atoms with E-state index >= 15 is 0 Å². The second-order valence-electron chi connectivity index (χ2n) is 5.43. The smallest absolute Gasteiger partial charge is 0.222 e. The molecule has 0 fully saturated rings. The zero-order valence-electron chi connectivity index (χ0n) is 13.8. The largest absolute Gasteiger partial charge is 0.353 e. The maximum absolute atomic E-state index is 6.04. The van der Waals surface area contributed by atoms with E-state index in [9.17, 15) is 0 Å². The van der Waals surface area contributed by atoms with Gasteiger partial charge in [-0.1, -0.05) is 30.3 Å². The number of aromatic nitrogens is 3. The van der Waals surface area contributed by atoms with E-state index < -0.39 is 0 Å². The van der Waals surface area contributed by atoms with Crippen molar-refractivity contribution >= 4 is 5.95 Å². The number of benzene rings is 1. The molecule has 3 rings (SSSR count). The molecular formula is C19H23N5. The number of anilines is 1. The van der Waals surface area contributed by atoms with Gasteiger partial charge in [0.1, 0.15) is 0 Å². The van der Waals surface area contributed by atoms with Crippen molar-refractivity contribution in [2.45, 2.75) is 19.4 Å². The standard InChI is InChI=1S/C13H16N4.C6H7N/c14-12(9-11-5-2-1-3-6-11)10-17-13-15-7-4-8-16-13;1-6-2-4-7-5-3-6/h1-8,12H,9-10,14H2,(H,15,16,17);2-5H,1H3/t12-;/m0./s1. The molecular weight excluding hydrogens is 298 g/mol. The topological polar surface area (TPSA) is 76.7 Å². The van der Waals surface area contributed by atoms with Crippen molar-refractivity contribution in [3.05, 3.63) is 84.4 Å². The molecule has 0 saturated heterocycles. The van der Waals surface area contributed by atoms with Crippen LogP contribution in [0.2, 0.25) is 0 Å². The minimum Gasteiger partial charge on any atom is -0.353 e. The number of rotatable bonds is 5. The summed E-state index contributed by atoms with van der Waals surface area (Å²) in [4.78, 5) is 12.0. The first-order valence-corrected chi connectivity index (χ1v) is 7.91. The summed E-state index contributed by atoms with van der Waals surface area (Å²) in [5.74, 6) is 0.621. The summed E-state index contributed by atoms with van der Waals surface area (Å²) in [5, 5.41) is 3.12. The summed E-state index contributed by atoms with van der Waals surface area (Å²) < 4.78 is 0. The Bertz CT molecular complexity index is 674. The van der Waals surface area contributed by atoms with Crippen molar-refractivity contribution in [3.63, 3.8) is 0 Å². The van der Waals surface area contributed by atoms with E-state index in [4.69, 9.17) is 5.73 Å². The van der Waals surface area contributed by atoms with E-state index in [2.05, 4.69) is 32.4 Å². The predicted octanol–water partition coefficient (Wildman–Crippen LogP) is 2.85. The molecule has 0 aliphatic carbocycles. The molecule has 0 bridgehead atoms. The molecule has 0 saturated carbocycles. The van der Waals surface area contributed by atoms with Crippen molar-refractivity contribution in [2.24, 2.45) is 5.73 Å². The second kappa shape index (κ2) is 10.1. The van der Waals surface area contributed by atoms with E-state index in [0.29, 0.717) is 12.5 Å². The van der Waals surface area contributed by atoms with Gasteiger partial charge in [0.25, 0.3) is 0 Å². The third kappa shape index (κ3) is 6.98. The number of aryl methyl sites for hydroxylation is 1. The van der Waals surface area contributed by atoms with Gasteiger partial charge in [-0.25, -0.2) is 9.97 Å². The van der Waals surface area contributed by atoms with Crippen LogP contribution in [0, 0.1) is 6.92 Å². The number of hydrogen-bond acceptors (Lipinski definition) is 5. The Hall–Kier alpha value is -2.79. The van der Waals surface area contributed by atoms with Crippen LogP contribution in [0.3, 0.4) is 0 Å². The highest BCUT2D eigenvalue weighted by Gasteiger charge is 2.04. The summed E-state index contributed by atoms with van der Waals surface area (Å²) in [6.07, 6.45) is 7.83. The Morgan fingerprint density at radius 2 is 1.58 bits per heavy atom. The first kappa shape index (κ1) is 17.6. The van der Waals surface area contributed by atoms with Gasteiger partial charge in [-0.3, -0.25) is 4.98 Å². The molecule has 1 atom stereocenters. The molecule has 0 unspecified atom stereocenters. The molecule has 0 amide bonds. The first-order chi connectivity index (χ1) is 11.7. The zero-order chi connectivity index (χ0) is 17.0. The zero-order valence-corrected chi connectivity index (χ0v) is 13.8. The molecule has 5 nitrogen and oxygen atoms in total. The average Bonchev–Trinajstić information content (AvgIpc) is 2.63. The number of nitrogens with two attached hydrogens (primary N) is 1. The van der Waals surface area contributed by atoms with Gasteiger partial charge in [-0.05, 0) is 42.7 Å². The van der Waals surface area contributed by atoms with E-state index in [1.54, 1.807) is 30.9 Å². The molecule has 5 heteroatoms. The molecule has 0 spiro atoms. The maximum Gasteiger partial charge on any atom is 0.222 e. The van der Waals surface area contributed by atoms with Crippen LogP contribution in [0.4, 0.5) is 5.95 Å². The molecule has 2 heterocycles. The Balaban J connectivity index is 0.000000249. The lowest BCUT2D eigenvalue weighted by Gasteiger charge is -2.12. The van der Waals surface area contributed by atoms with Crippen LogP contribution < -0.4 is 11.1 Å². The van der Waals surface area contributed by atoms with E-state index in [1.807, 2.05) is 37.3 Å². The fourth-order valence-corrected chi connectivity index (χ4v) is 2.03. The molecule has 3 aromatic rings. The summed E-state index contributed by atoms with van der Waals surface area (Å²) in [6, 6.07) is 16.0. The summed E-state index contributed by atoms with van der Waals surface area (Å²) in [5.41, 5.74) is 8.54. The van der Waals surface area contributed by atoms with E-state index in [0.717, 1.165) is 6.42 Å². The monoisotopic (exact) mass is 321 g/mol. The van der Waals surface area contributed by atoms with Crippen molar-refractivity contribution in [3.8, 4) is 0 Å². The Morgan fingerprint density at radius 3 is 2.17 bits per heavy atom. The lowest BCUT2D eigenvalue weighted by atomic mass is 10.1. The summed E-state index contributed by atoms with van der Waals surface area (Å²) >= 11 is 0.